The van der Waals surface area contributed by atoms with E-state index < -0.39 is 21.0 Å². The van der Waals surface area contributed by atoms with Gasteiger partial charge in [0.1, 0.15) is 0 Å². The summed E-state index contributed by atoms with van der Waals surface area (Å²) in [6, 6.07) is 5.00. The van der Waals surface area contributed by atoms with Crippen molar-refractivity contribution in [2.75, 3.05) is 13.2 Å². The van der Waals surface area contributed by atoms with E-state index in [1.165, 1.54) is 12.1 Å². The zero-order valence-electron chi connectivity index (χ0n) is 9.75. The lowest BCUT2D eigenvalue weighted by Gasteiger charge is -2.15. The van der Waals surface area contributed by atoms with E-state index in [2.05, 4.69) is 0 Å². The molecular formula is C11H15F3O2Si. The van der Waals surface area contributed by atoms with Crippen molar-refractivity contribution in [1.82, 2.24) is 0 Å². The highest BCUT2D eigenvalue weighted by Crippen LogP contribution is 2.28. The molecule has 0 atom stereocenters. The molecule has 0 bridgehead atoms. The molecule has 0 aliphatic heterocycles. The number of benzene rings is 1. The number of halogens is 3. The van der Waals surface area contributed by atoms with Crippen LogP contribution in [0.5, 0.6) is 0 Å². The smallest absolute Gasteiger partial charge is 0.394 e. The van der Waals surface area contributed by atoms with Crippen LogP contribution in [0.3, 0.4) is 0 Å². The number of rotatable bonds is 5. The summed E-state index contributed by atoms with van der Waals surface area (Å²) < 4.78 is 48.0. The van der Waals surface area contributed by atoms with Crippen molar-refractivity contribution in [3.63, 3.8) is 0 Å². The molecule has 0 N–H and O–H groups in total. The van der Waals surface area contributed by atoms with Gasteiger partial charge in [-0.15, -0.1) is 0 Å². The second-order valence-electron chi connectivity index (χ2n) is 3.36. The van der Waals surface area contributed by atoms with Crippen LogP contribution in [0, 0.1) is 0 Å². The standard InChI is InChI=1S/C11H15F3O2Si/c1-3-15-17(16-4-2)10-7-5-9(6-8-10)11(12,13)14/h5-8,17H,3-4H2,1-2H3. The summed E-state index contributed by atoms with van der Waals surface area (Å²) in [5.41, 5.74) is -0.651. The van der Waals surface area contributed by atoms with Crippen LogP contribution in [-0.2, 0) is 15.0 Å². The van der Waals surface area contributed by atoms with Crippen molar-refractivity contribution >= 4 is 14.5 Å². The van der Waals surface area contributed by atoms with Gasteiger partial charge in [0, 0.05) is 13.2 Å². The van der Waals surface area contributed by atoms with Gasteiger partial charge < -0.3 is 8.85 Å². The molecule has 0 aliphatic carbocycles. The van der Waals surface area contributed by atoms with Gasteiger partial charge in [0.05, 0.1) is 5.56 Å². The summed E-state index contributed by atoms with van der Waals surface area (Å²) in [6.07, 6.45) is -4.30. The Balaban J connectivity index is 2.84. The third-order valence-corrected chi connectivity index (χ3v) is 4.35. The van der Waals surface area contributed by atoms with E-state index in [0.717, 1.165) is 17.3 Å². The molecule has 1 aromatic rings. The van der Waals surface area contributed by atoms with E-state index in [0.29, 0.717) is 13.2 Å². The predicted octanol–water partition coefficient (Wildman–Crippen LogP) is 2.21. The first kappa shape index (κ1) is 14.2. The van der Waals surface area contributed by atoms with Crippen molar-refractivity contribution in [3.05, 3.63) is 29.8 Å². The molecule has 1 aromatic carbocycles. The molecule has 0 spiro atoms. The molecule has 6 heteroatoms. The molecule has 0 heterocycles. The fourth-order valence-corrected chi connectivity index (χ4v) is 2.97. The summed E-state index contributed by atoms with van der Waals surface area (Å²) >= 11 is 0. The van der Waals surface area contributed by atoms with Crippen LogP contribution in [-0.4, -0.2) is 22.5 Å². The Morgan fingerprint density at radius 1 is 1.00 bits per heavy atom. The first-order valence-corrected chi connectivity index (χ1v) is 6.91. The maximum Gasteiger partial charge on any atom is 0.416 e. The van der Waals surface area contributed by atoms with E-state index in [9.17, 15) is 13.2 Å². The van der Waals surface area contributed by atoms with Crippen LogP contribution >= 0.6 is 0 Å². The van der Waals surface area contributed by atoms with Crippen molar-refractivity contribution in [1.29, 1.82) is 0 Å². The van der Waals surface area contributed by atoms with Gasteiger partial charge in [0.2, 0.25) is 0 Å². The molecule has 0 aliphatic rings. The maximum absolute atomic E-state index is 12.4. The van der Waals surface area contributed by atoms with Gasteiger partial charge >= 0.3 is 15.5 Å². The van der Waals surface area contributed by atoms with Crippen LogP contribution in [0.2, 0.25) is 0 Å². The van der Waals surface area contributed by atoms with Gasteiger partial charge in [0.25, 0.3) is 0 Å². The quantitative estimate of drug-likeness (QED) is 0.759. The number of alkyl halides is 3. The van der Waals surface area contributed by atoms with Gasteiger partial charge in [-0.05, 0) is 31.2 Å². The minimum absolute atomic E-state index is 0.498. The Hall–Kier alpha value is -0.853. The zero-order chi connectivity index (χ0) is 12.9. The van der Waals surface area contributed by atoms with Crippen LogP contribution in [0.1, 0.15) is 19.4 Å². The summed E-state index contributed by atoms with van der Waals surface area (Å²) in [6.45, 7) is 4.67. The molecule has 0 aromatic heterocycles. The van der Waals surface area contributed by atoms with Crippen molar-refractivity contribution in [2.24, 2.45) is 0 Å². The molecule has 96 valence electrons. The molecule has 0 saturated carbocycles. The highest BCUT2D eigenvalue weighted by molar-refractivity contribution is 6.61. The van der Waals surface area contributed by atoms with Gasteiger partial charge in [-0.2, -0.15) is 13.2 Å². The third-order valence-electron chi connectivity index (χ3n) is 2.15. The van der Waals surface area contributed by atoms with Crippen LogP contribution in [0.25, 0.3) is 0 Å². The third kappa shape index (κ3) is 4.14. The fraction of sp³-hybridized carbons (Fsp3) is 0.455. The Bertz CT molecular complexity index is 332. The number of hydrogen-bond acceptors (Lipinski definition) is 2. The van der Waals surface area contributed by atoms with Gasteiger partial charge in [-0.3, -0.25) is 0 Å². The summed E-state index contributed by atoms with van der Waals surface area (Å²) in [5.74, 6) is 0. The lowest BCUT2D eigenvalue weighted by molar-refractivity contribution is -0.137. The monoisotopic (exact) mass is 264 g/mol. The first-order valence-electron chi connectivity index (χ1n) is 5.39. The first-order chi connectivity index (χ1) is 7.99. The van der Waals surface area contributed by atoms with Crippen molar-refractivity contribution < 1.29 is 22.0 Å². The van der Waals surface area contributed by atoms with Crippen LogP contribution in [0.15, 0.2) is 24.3 Å². The average Bonchev–Trinajstić information content (AvgIpc) is 2.28. The molecule has 0 amide bonds. The molecule has 2 nitrogen and oxygen atoms in total. The second-order valence-corrected chi connectivity index (χ2v) is 5.36. The van der Waals surface area contributed by atoms with Crippen molar-refractivity contribution in [2.45, 2.75) is 20.0 Å². The van der Waals surface area contributed by atoms with Gasteiger partial charge in [-0.25, -0.2) is 0 Å². The normalized spacial score (nSPS) is 12.1. The average molecular weight is 264 g/mol. The summed E-state index contributed by atoms with van der Waals surface area (Å²) in [7, 11) is -2.03. The van der Waals surface area contributed by atoms with Gasteiger partial charge in [0.15, 0.2) is 0 Å². The Morgan fingerprint density at radius 3 is 1.82 bits per heavy atom. The minimum atomic E-state index is -4.30. The minimum Gasteiger partial charge on any atom is -0.394 e. The van der Waals surface area contributed by atoms with Crippen molar-refractivity contribution in [3.8, 4) is 0 Å². The molecule has 0 fully saturated rings. The lowest BCUT2D eigenvalue weighted by Crippen LogP contribution is -2.37. The highest BCUT2D eigenvalue weighted by atomic mass is 28.3. The van der Waals surface area contributed by atoms with Gasteiger partial charge in [-0.1, -0.05) is 12.1 Å². The largest absolute Gasteiger partial charge is 0.416 e. The molecule has 0 saturated heterocycles. The Labute approximate surface area is 100 Å². The van der Waals surface area contributed by atoms with Crippen LogP contribution in [0.4, 0.5) is 13.2 Å². The molecule has 0 unspecified atom stereocenters. The topological polar surface area (TPSA) is 18.5 Å². The SMILES string of the molecule is CCO[SiH](OCC)c1ccc(C(F)(F)F)cc1. The second kappa shape index (κ2) is 6.18. The lowest BCUT2D eigenvalue weighted by atomic mass is 10.2. The molecule has 17 heavy (non-hydrogen) atoms. The summed E-state index contributed by atoms with van der Waals surface area (Å²) in [4.78, 5) is 0. The maximum atomic E-state index is 12.4. The van der Waals surface area contributed by atoms with E-state index >= 15 is 0 Å². The predicted molar refractivity (Wildman–Crippen MR) is 61.5 cm³/mol. The van der Waals surface area contributed by atoms with E-state index in [1.54, 1.807) is 0 Å². The zero-order valence-corrected chi connectivity index (χ0v) is 10.9. The summed E-state index contributed by atoms with van der Waals surface area (Å²) in [5, 5.41) is 0.724. The van der Waals surface area contributed by atoms with Crippen LogP contribution < -0.4 is 5.19 Å². The Kier molecular flexibility index (Phi) is 5.17. The molecule has 1 rings (SSSR count). The highest BCUT2D eigenvalue weighted by Gasteiger charge is 2.30. The van der Waals surface area contributed by atoms with E-state index in [1.807, 2.05) is 13.8 Å². The Morgan fingerprint density at radius 2 is 1.47 bits per heavy atom. The molecule has 0 radical (unpaired) electrons. The van der Waals surface area contributed by atoms with E-state index in [4.69, 9.17) is 8.85 Å². The fourth-order valence-electron chi connectivity index (χ4n) is 1.37. The van der Waals surface area contributed by atoms with E-state index in [-0.39, 0.29) is 0 Å². The number of hydrogen-bond donors (Lipinski definition) is 0. The molecular weight excluding hydrogens is 249 g/mol.